The number of nitrogens with one attached hydrogen (secondary N) is 2. The van der Waals surface area contributed by atoms with Crippen LogP contribution in [0.4, 0.5) is 9.80 Å². The fourth-order valence-electron chi connectivity index (χ4n) is 2.69. The molecule has 2 N–H and O–H groups in total. The summed E-state index contributed by atoms with van der Waals surface area (Å²) in [6.45, 7) is 3.48. The number of H-pyrrole nitrogens is 1. The van der Waals surface area contributed by atoms with Crippen LogP contribution in [0.15, 0.2) is 35.7 Å². The Balaban J connectivity index is 1.42. The summed E-state index contributed by atoms with van der Waals surface area (Å²) in [6.07, 6.45) is 0. The number of hydrogen-bond acceptors (Lipinski definition) is 3. The number of benzene rings is 1. The average Bonchev–Trinajstić information content (AvgIpc) is 3.05. The zero-order valence-electron chi connectivity index (χ0n) is 12.2. The number of imidazole rings is 1. The van der Waals surface area contributed by atoms with Gasteiger partial charge in [-0.1, -0.05) is 6.07 Å². The van der Waals surface area contributed by atoms with E-state index in [-0.39, 0.29) is 6.03 Å². The van der Waals surface area contributed by atoms with E-state index in [1.165, 1.54) is 16.9 Å². The van der Waals surface area contributed by atoms with Crippen LogP contribution in [-0.4, -0.2) is 34.0 Å². The van der Waals surface area contributed by atoms with Crippen LogP contribution in [0.2, 0.25) is 0 Å². The highest BCUT2D eigenvalue weighted by Gasteiger charge is 2.33. The minimum Gasteiger partial charge on any atom is -0.342 e. The third-order valence-corrected chi connectivity index (χ3v) is 4.75. The van der Waals surface area contributed by atoms with E-state index in [1.807, 2.05) is 28.5 Å². The monoisotopic (exact) mass is 312 g/mol. The highest BCUT2D eigenvalue weighted by Crippen LogP contribution is 2.28. The highest BCUT2D eigenvalue weighted by atomic mass is 32.1. The Morgan fingerprint density at radius 3 is 3.05 bits per heavy atom. The number of rotatable bonds is 2. The molecule has 3 heterocycles. The summed E-state index contributed by atoms with van der Waals surface area (Å²) in [4.78, 5) is 21.9. The molecule has 4 rings (SSSR count). The van der Waals surface area contributed by atoms with Gasteiger partial charge in [-0.15, -0.1) is 11.3 Å². The number of hydrogen-bond donors (Lipinski definition) is 2. The smallest absolute Gasteiger partial charge is 0.322 e. The molecular formula is C16H16N4OS. The molecule has 0 radical (unpaired) electrons. The fraction of sp³-hybridized carbons (Fsp3) is 0.250. The molecule has 1 aromatic carbocycles. The van der Waals surface area contributed by atoms with Gasteiger partial charge >= 0.3 is 6.03 Å². The fourth-order valence-corrected chi connectivity index (χ4v) is 3.30. The molecule has 1 aliphatic heterocycles. The van der Waals surface area contributed by atoms with Gasteiger partial charge in [0.15, 0.2) is 0 Å². The number of aromatic nitrogens is 2. The number of carbonyl (C=O) groups excluding carboxylic acids is 1. The molecule has 2 aromatic heterocycles. The summed E-state index contributed by atoms with van der Waals surface area (Å²) >= 11 is 1.53. The first kappa shape index (κ1) is 13.3. The van der Waals surface area contributed by atoms with E-state index in [0.29, 0.717) is 19.0 Å². The molecule has 0 bridgehead atoms. The van der Waals surface area contributed by atoms with Crippen molar-refractivity contribution in [2.45, 2.75) is 12.8 Å². The van der Waals surface area contributed by atoms with Crippen LogP contribution in [0.1, 0.15) is 17.3 Å². The Labute approximate surface area is 132 Å². The largest absolute Gasteiger partial charge is 0.342 e. The molecule has 6 heteroatoms. The summed E-state index contributed by atoms with van der Waals surface area (Å²) in [5.41, 5.74) is 3.27. The van der Waals surface area contributed by atoms with Crippen molar-refractivity contribution in [2.24, 2.45) is 0 Å². The Kier molecular flexibility index (Phi) is 3.11. The van der Waals surface area contributed by atoms with Crippen LogP contribution < -0.4 is 5.32 Å². The van der Waals surface area contributed by atoms with Crippen LogP contribution >= 0.6 is 11.3 Å². The van der Waals surface area contributed by atoms with Crippen LogP contribution in [0.3, 0.4) is 0 Å². The quantitative estimate of drug-likeness (QED) is 0.760. The zero-order chi connectivity index (χ0) is 15.1. The second-order valence-corrected chi connectivity index (χ2v) is 6.60. The van der Waals surface area contributed by atoms with Gasteiger partial charge in [0.05, 0.1) is 22.0 Å². The Morgan fingerprint density at radius 1 is 1.41 bits per heavy atom. The van der Waals surface area contributed by atoms with Gasteiger partial charge in [0.1, 0.15) is 5.82 Å². The van der Waals surface area contributed by atoms with Gasteiger partial charge in [-0.2, -0.15) is 0 Å². The molecule has 112 valence electrons. The van der Waals surface area contributed by atoms with E-state index in [0.717, 1.165) is 21.9 Å². The molecule has 1 aliphatic rings. The number of thiophene rings is 1. The van der Waals surface area contributed by atoms with Gasteiger partial charge in [-0.3, -0.25) is 5.32 Å². The van der Waals surface area contributed by atoms with Crippen molar-refractivity contribution in [3.63, 3.8) is 0 Å². The van der Waals surface area contributed by atoms with Crippen molar-refractivity contribution in [3.05, 3.63) is 47.1 Å². The number of aryl methyl sites for hydroxylation is 1. The predicted octanol–water partition coefficient (Wildman–Crippen LogP) is 3.56. The lowest BCUT2D eigenvalue weighted by Crippen LogP contribution is -2.50. The SMILES string of the molecule is Cc1ccc2nc(C3CN(C(=O)Nc4cccs4)C3)[nH]c2c1. The Bertz CT molecular complexity index is 818. The van der Waals surface area contributed by atoms with Crippen molar-refractivity contribution < 1.29 is 4.79 Å². The normalized spacial score (nSPS) is 15.0. The number of fused-ring (bicyclic) bond motifs is 1. The van der Waals surface area contributed by atoms with Crippen LogP contribution in [-0.2, 0) is 0 Å². The van der Waals surface area contributed by atoms with Gasteiger partial charge < -0.3 is 9.88 Å². The summed E-state index contributed by atoms with van der Waals surface area (Å²) in [5.74, 6) is 1.27. The van der Waals surface area contributed by atoms with E-state index in [1.54, 1.807) is 0 Å². The third kappa shape index (κ3) is 2.35. The number of amides is 2. The lowest BCUT2D eigenvalue weighted by Gasteiger charge is -2.37. The minimum atomic E-state index is -0.0364. The first-order valence-corrected chi connectivity index (χ1v) is 8.13. The first-order valence-electron chi connectivity index (χ1n) is 7.25. The van der Waals surface area contributed by atoms with E-state index in [9.17, 15) is 4.79 Å². The number of carbonyl (C=O) groups is 1. The van der Waals surface area contributed by atoms with Crippen molar-refractivity contribution in [2.75, 3.05) is 18.4 Å². The highest BCUT2D eigenvalue weighted by molar-refractivity contribution is 7.14. The number of likely N-dealkylation sites (tertiary alicyclic amines) is 1. The topological polar surface area (TPSA) is 61.0 Å². The van der Waals surface area contributed by atoms with E-state index < -0.39 is 0 Å². The van der Waals surface area contributed by atoms with Gasteiger partial charge in [-0.05, 0) is 42.1 Å². The molecule has 0 unspecified atom stereocenters. The molecule has 0 atom stereocenters. The van der Waals surface area contributed by atoms with Crippen LogP contribution in [0, 0.1) is 6.92 Å². The maximum Gasteiger partial charge on any atom is 0.322 e. The van der Waals surface area contributed by atoms with Crippen molar-refractivity contribution in [1.82, 2.24) is 14.9 Å². The molecule has 0 saturated carbocycles. The zero-order valence-corrected chi connectivity index (χ0v) is 13.0. The molecule has 2 amide bonds. The van der Waals surface area contributed by atoms with E-state index in [4.69, 9.17) is 0 Å². The molecule has 0 spiro atoms. The second kappa shape index (κ2) is 5.14. The Hall–Kier alpha value is -2.34. The minimum absolute atomic E-state index is 0.0364. The standard InChI is InChI=1S/C16H16N4OS/c1-10-4-5-12-13(7-10)18-15(17-12)11-8-20(9-11)16(21)19-14-3-2-6-22-14/h2-7,11H,8-9H2,1H3,(H,17,18)(H,19,21). The summed E-state index contributed by atoms with van der Waals surface area (Å²) in [7, 11) is 0. The number of anilines is 1. The Morgan fingerprint density at radius 2 is 2.27 bits per heavy atom. The first-order chi connectivity index (χ1) is 10.7. The molecule has 0 aliphatic carbocycles. The van der Waals surface area contributed by atoms with Crippen molar-refractivity contribution in [1.29, 1.82) is 0 Å². The maximum atomic E-state index is 12.1. The molecular weight excluding hydrogens is 296 g/mol. The lowest BCUT2D eigenvalue weighted by atomic mass is 10.0. The molecule has 22 heavy (non-hydrogen) atoms. The van der Waals surface area contributed by atoms with Gasteiger partial charge in [-0.25, -0.2) is 9.78 Å². The van der Waals surface area contributed by atoms with E-state index >= 15 is 0 Å². The number of urea groups is 1. The number of aromatic amines is 1. The summed E-state index contributed by atoms with van der Waals surface area (Å²) < 4.78 is 0. The van der Waals surface area contributed by atoms with Crippen LogP contribution in [0.5, 0.6) is 0 Å². The molecule has 5 nitrogen and oxygen atoms in total. The van der Waals surface area contributed by atoms with Gasteiger partial charge in [0, 0.05) is 13.1 Å². The average molecular weight is 312 g/mol. The van der Waals surface area contributed by atoms with E-state index in [2.05, 4.69) is 34.3 Å². The number of nitrogens with zero attached hydrogens (tertiary/aromatic N) is 2. The molecule has 1 saturated heterocycles. The maximum absolute atomic E-state index is 12.1. The van der Waals surface area contributed by atoms with Gasteiger partial charge in [0.25, 0.3) is 0 Å². The summed E-state index contributed by atoms with van der Waals surface area (Å²) in [6, 6.07) is 9.99. The lowest BCUT2D eigenvalue weighted by molar-refractivity contribution is 0.161. The van der Waals surface area contributed by atoms with Crippen molar-refractivity contribution in [3.8, 4) is 0 Å². The predicted molar refractivity (Wildman–Crippen MR) is 88.5 cm³/mol. The summed E-state index contributed by atoms with van der Waals surface area (Å²) in [5, 5.41) is 5.74. The van der Waals surface area contributed by atoms with Crippen LogP contribution in [0.25, 0.3) is 11.0 Å². The van der Waals surface area contributed by atoms with Gasteiger partial charge in [0.2, 0.25) is 0 Å². The molecule has 3 aromatic rings. The second-order valence-electron chi connectivity index (χ2n) is 5.65. The van der Waals surface area contributed by atoms with Crippen molar-refractivity contribution >= 4 is 33.4 Å². The third-order valence-electron chi connectivity index (χ3n) is 3.96. The molecule has 1 fully saturated rings.